The fourth-order valence-corrected chi connectivity index (χ4v) is 5.65. The van der Waals surface area contributed by atoms with Crippen molar-refractivity contribution in [2.45, 2.75) is 97.1 Å². The molecule has 2 aliphatic rings. The number of hydrogen-bond acceptors (Lipinski definition) is 8. The van der Waals surface area contributed by atoms with Crippen LogP contribution in [0.3, 0.4) is 0 Å². The first-order valence-electron chi connectivity index (χ1n) is 15.8. The molecule has 13 heteroatoms. The molecule has 250 valence electrons. The molecule has 10 nitrogen and oxygen atoms in total. The van der Waals surface area contributed by atoms with E-state index in [-0.39, 0.29) is 24.4 Å². The molecular weight excluding hydrogens is 591 g/mol. The summed E-state index contributed by atoms with van der Waals surface area (Å²) in [6.07, 6.45) is 1.21. The van der Waals surface area contributed by atoms with Gasteiger partial charge in [-0.2, -0.15) is 4.98 Å². The zero-order chi connectivity index (χ0) is 32.9. The van der Waals surface area contributed by atoms with Gasteiger partial charge in [0, 0.05) is 44.5 Å². The maximum absolute atomic E-state index is 15.2. The summed E-state index contributed by atoms with van der Waals surface area (Å²) < 4.78 is 59.4. The summed E-state index contributed by atoms with van der Waals surface area (Å²) in [5, 5.41) is 6.51. The molecule has 45 heavy (non-hydrogen) atoms. The van der Waals surface area contributed by atoms with Crippen molar-refractivity contribution in [1.29, 1.82) is 0 Å². The van der Waals surface area contributed by atoms with E-state index < -0.39 is 48.3 Å². The van der Waals surface area contributed by atoms with Crippen LogP contribution in [0.2, 0.25) is 0 Å². The summed E-state index contributed by atoms with van der Waals surface area (Å²) in [6.45, 7) is 12.4. The van der Waals surface area contributed by atoms with Crippen LogP contribution >= 0.6 is 0 Å². The van der Waals surface area contributed by atoms with Crippen LogP contribution in [0.25, 0.3) is 0 Å². The van der Waals surface area contributed by atoms with E-state index in [0.717, 1.165) is 37.3 Å². The van der Waals surface area contributed by atoms with E-state index >= 15 is 4.39 Å². The minimum absolute atomic E-state index is 0.143. The quantitative estimate of drug-likeness (QED) is 0.322. The van der Waals surface area contributed by atoms with Crippen molar-refractivity contribution in [3.63, 3.8) is 0 Å². The lowest BCUT2D eigenvalue weighted by Crippen LogP contribution is -2.50. The normalized spacial score (nSPS) is 18.6. The summed E-state index contributed by atoms with van der Waals surface area (Å²) in [4.78, 5) is 33.2. The maximum Gasteiger partial charge on any atom is 0.408 e. The fraction of sp³-hybridized carbons (Fsp3) is 0.688. The van der Waals surface area contributed by atoms with Crippen molar-refractivity contribution >= 4 is 18.0 Å². The number of likely N-dealkylation sites (tertiary alicyclic amines) is 1. The van der Waals surface area contributed by atoms with Gasteiger partial charge in [0.25, 0.3) is 5.92 Å². The van der Waals surface area contributed by atoms with Gasteiger partial charge in [-0.25, -0.2) is 18.0 Å². The highest BCUT2D eigenvalue weighted by molar-refractivity contribution is 5.86. The number of amides is 2. The highest BCUT2D eigenvalue weighted by atomic mass is 19.3. The Morgan fingerprint density at radius 3 is 2.44 bits per heavy atom. The number of rotatable bonds is 11. The first-order chi connectivity index (χ1) is 21.1. The molecule has 4 rings (SSSR count). The van der Waals surface area contributed by atoms with Crippen molar-refractivity contribution in [1.82, 2.24) is 20.4 Å². The molecule has 3 heterocycles. The first kappa shape index (κ1) is 34.4. The molecule has 0 bridgehead atoms. The standard InChI is InChI=1S/C32H46F3N5O5/c1-20(2)27-37-29(45-38-27)39-13-9-22(10-14-39)21(3)11-16-43-24-8-7-23(25(33)18-24)17-26(36-30(42)44-31(4,5)6)28(41)40-15-12-32(34,35)19-40/h7-8,18,20-22,26H,9-17,19H2,1-6H3,(H,36,42)/t21-,26?/m1/s1. The molecule has 0 aliphatic carbocycles. The van der Waals surface area contributed by atoms with E-state index in [9.17, 15) is 18.4 Å². The lowest BCUT2D eigenvalue weighted by molar-refractivity contribution is -0.133. The average Bonchev–Trinajstić information content (AvgIpc) is 3.59. The smallest absolute Gasteiger partial charge is 0.408 e. The van der Waals surface area contributed by atoms with Crippen molar-refractivity contribution in [3.05, 3.63) is 35.4 Å². The predicted octanol–water partition coefficient (Wildman–Crippen LogP) is 5.96. The molecule has 1 N–H and O–H groups in total. The second-order valence-electron chi connectivity index (χ2n) is 13.6. The van der Waals surface area contributed by atoms with Crippen molar-refractivity contribution in [2.75, 3.05) is 37.7 Å². The molecule has 1 unspecified atom stereocenters. The number of carbonyl (C=O) groups is 2. The number of benzene rings is 1. The first-order valence-corrected chi connectivity index (χ1v) is 15.8. The Hall–Kier alpha value is -3.51. The van der Waals surface area contributed by atoms with Crippen LogP contribution in [0.5, 0.6) is 5.75 Å². The molecule has 1 aromatic carbocycles. The molecule has 0 saturated carbocycles. The Morgan fingerprint density at radius 2 is 1.87 bits per heavy atom. The maximum atomic E-state index is 15.2. The van der Waals surface area contributed by atoms with Gasteiger partial charge in [0.15, 0.2) is 5.82 Å². The van der Waals surface area contributed by atoms with Crippen LogP contribution in [0, 0.1) is 17.7 Å². The Balaban J connectivity index is 1.29. The van der Waals surface area contributed by atoms with Gasteiger partial charge in [0.05, 0.1) is 13.2 Å². The van der Waals surface area contributed by atoms with E-state index in [1.165, 1.54) is 12.1 Å². The van der Waals surface area contributed by atoms with Crippen LogP contribution in [-0.2, 0) is 16.0 Å². The van der Waals surface area contributed by atoms with Crippen molar-refractivity contribution in [3.8, 4) is 5.75 Å². The summed E-state index contributed by atoms with van der Waals surface area (Å²) in [5.41, 5.74) is -0.700. The van der Waals surface area contributed by atoms with Gasteiger partial charge < -0.3 is 29.1 Å². The predicted molar refractivity (Wildman–Crippen MR) is 162 cm³/mol. The largest absolute Gasteiger partial charge is 0.493 e. The molecule has 2 amide bonds. The number of ether oxygens (including phenoxy) is 2. The summed E-state index contributed by atoms with van der Waals surface area (Å²) in [5.74, 6) is -2.16. The highest BCUT2D eigenvalue weighted by Crippen LogP contribution is 2.31. The number of aromatic nitrogens is 2. The molecular formula is C32H46F3N5O5. The van der Waals surface area contributed by atoms with Gasteiger partial charge in [0.2, 0.25) is 5.91 Å². The van der Waals surface area contributed by atoms with E-state index in [1.54, 1.807) is 26.8 Å². The number of alkyl carbamates (subject to hydrolysis) is 1. The third-order valence-electron chi connectivity index (χ3n) is 8.32. The highest BCUT2D eigenvalue weighted by Gasteiger charge is 2.42. The molecule has 1 aromatic heterocycles. The molecule has 0 radical (unpaired) electrons. The second kappa shape index (κ2) is 14.3. The van der Waals surface area contributed by atoms with Crippen LogP contribution in [0.15, 0.2) is 22.7 Å². The molecule has 2 atom stereocenters. The average molecular weight is 638 g/mol. The van der Waals surface area contributed by atoms with Gasteiger partial charge in [-0.15, -0.1) is 0 Å². The Bertz CT molecular complexity index is 1310. The van der Waals surface area contributed by atoms with Gasteiger partial charge in [-0.1, -0.05) is 32.0 Å². The number of halogens is 3. The van der Waals surface area contributed by atoms with E-state index in [1.807, 2.05) is 13.8 Å². The number of carbonyl (C=O) groups excluding carboxylic acids is 2. The number of alkyl halides is 2. The monoisotopic (exact) mass is 637 g/mol. The topological polar surface area (TPSA) is 110 Å². The Morgan fingerprint density at radius 1 is 1.16 bits per heavy atom. The van der Waals surface area contributed by atoms with E-state index in [0.29, 0.717) is 36.0 Å². The molecule has 2 aliphatic heterocycles. The minimum Gasteiger partial charge on any atom is -0.493 e. The number of anilines is 1. The van der Waals surface area contributed by atoms with Crippen molar-refractivity contribution < 1.29 is 36.8 Å². The molecule has 2 saturated heterocycles. The van der Waals surface area contributed by atoms with Crippen molar-refractivity contribution in [2.24, 2.45) is 11.8 Å². The van der Waals surface area contributed by atoms with Crippen LogP contribution in [-0.4, -0.2) is 77.4 Å². The molecule has 0 spiro atoms. The zero-order valence-corrected chi connectivity index (χ0v) is 27.1. The number of nitrogens with zero attached hydrogens (tertiary/aromatic N) is 4. The second-order valence-corrected chi connectivity index (χ2v) is 13.6. The number of nitrogens with one attached hydrogen (secondary N) is 1. The third kappa shape index (κ3) is 9.74. The van der Waals surface area contributed by atoms with Gasteiger partial charge in [-0.05, 0) is 63.5 Å². The minimum atomic E-state index is -3.00. The van der Waals surface area contributed by atoms with Crippen LogP contribution in [0.4, 0.5) is 24.0 Å². The lowest BCUT2D eigenvalue weighted by atomic mass is 9.84. The summed E-state index contributed by atoms with van der Waals surface area (Å²) in [7, 11) is 0. The number of piperidine rings is 1. The summed E-state index contributed by atoms with van der Waals surface area (Å²) >= 11 is 0. The van der Waals surface area contributed by atoms with Gasteiger partial charge in [0.1, 0.15) is 23.2 Å². The number of hydrogen-bond donors (Lipinski definition) is 1. The lowest BCUT2D eigenvalue weighted by Gasteiger charge is -2.33. The third-order valence-corrected chi connectivity index (χ3v) is 8.32. The zero-order valence-electron chi connectivity index (χ0n) is 27.1. The Labute approximate surface area is 263 Å². The van der Waals surface area contributed by atoms with Crippen LogP contribution in [0.1, 0.15) is 84.5 Å². The molecule has 2 aromatic rings. The summed E-state index contributed by atoms with van der Waals surface area (Å²) in [6, 6.07) is 3.64. The van der Waals surface area contributed by atoms with Crippen LogP contribution < -0.4 is 15.0 Å². The fourth-order valence-electron chi connectivity index (χ4n) is 5.65. The Kier molecular flexibility index (Phi) is 10.9. The SMILES string of the molecule is CC(C)c1noc(N2CCC([C@H](C)CCOc3ccc(CC(NC(=O)OC(C)(C)C)C(=O)N4CCC(F)(F)C4)c(F)c3)CC2)n1. The van der Waals surface area contributed by atoms with Gasteiger partial charge in [-0.3, -0.25) is 4.79 Å². The van der Waals surface area contributed by atoms with E-state index in [2.05, 4.69) is 27.3 Å². The molecule has 2 fully saturated rings. The van der Waals surface area contributed by atoms with E-state index in [4.69, 9.17) is 14.0 Å². The van der Waals surface area contributed by atoms with Gasteiger partial charge >= 0.3 is 12.1 Å².